The van der Waals surface area contributed by atoms with Gasteiger partial charge in [-0.15, -0.1) is 0 Å². The summed E-state index contributed by atoms with van der Waals surface area (Å²) in [5.74, 6) is 0.150. The van der Waals surface area contributed by atoms with E-state index in [1.54, 1.807) is 60.5 Å². The Kier molecular flexibility index (Phi) is 9.90. The molecule has 0 aliphatic rings. The minimum atomic E-state index is -0.384. The fourth-order valence-electron chi connectivity index (χ4n) is 4.47. The van der Waals surface area contributed by atoms with E-state index in [0.29, 0.717) is 40.3 Å². The molecular weight excluding hydrogens is 523 g/mol. The van der Waals surface area contributed by atoms with Crippen molar-refractivity contribution in [1.82, 2.24) is 9.80 Å². The fraction of sp³-hybridized carbons (Fsp3) is 0.303. The highest BCUT2D eigenvalue weighted by molar-refractivity contribution is 5.86. The highest BCUT2D eigenvalue weighted by Crippen LogP contribution is 2.16. The lowest BCUT2D eigenvalue weighted by Gasteiger charge is -2.28. The Balaban J connectivity index is 1.58. The van der Waals surface area contributed by atoms with Crippen LogP contribution >= 0.6 is 0 Å². The molecule has 3 aromatic carbocycles. The lowest BCUT2D eigenvalue weighted by molar-refractivity contribution is -0.141. The average molecular weight is 559 g/mol. The quantitative estimate of drug-likeness (QED) is 0.227. The van der Waals surface area contributed by atoms with E-state index in [0.717, 1.165) is 12.0 Å². The summed E-state index contributed by atoms with van der Waals surface area (Å²) >= 11 is 0. The molecule has 214 valence electrons. The minimum absolute atomic E-state index is 0.0198. The van der Waals surface area contributed by atoms with Crippen LogP contribution in [0.4, 0.5) is 4.39 Å². The van der Waals surface area contributed by atoms with Gasteiger partial charge in [0, 0.05) is 13.1 Å². The first-order chi connectivity index (χ1) is 19.7. The first kappa shape index (κ1) is 29.5. The second kappa shape index (κ2) is 13.7. The Hall–Kier alpha value is -4.46. The van der Waals surface area contributed by atoms with Crippen LogP contribution in [0.2, 0.25) is 0 Å². The summed E-state index contributed by atoms with van der Waals surface area (Å²) in [4.78, 5) is 43.5. The topological polar surface area (TPSA) is 80.1 Å². The van der Waals surface area contributed by atoms with Gasteiger partial charge in [0.05, 0.1) is 43.8 Å². The molecule has 7 nitrogen and oxygen atoms in total. The zero-order valence-electron chi connectivity index (χ0n) is 23.6. The molecule has 1 heterocycles. The van der Waals surface area contributed by atoms with Crippen molar-refractivity contribution in [1.29, 1.82) is 0 Å². The van der Waals surface area contributed by atoms with E-state index in [2.05, 4.69) is 13.8 Å². The highest BCUT2D eigenvalue weighted by Gasteiger charge is 2.23. The van der Waals surface area contributed by atoms with Gasteiger partial charge in [0.15, 0.2) is 5.43 Å². The van der Waals surface area contributed by atoms with E-state index < -0.39 is 0 Å². The second-order valence-electron chi connectivity index (χ2n) is 10.5. The van der Waals surface area contributed by atoms with Gasteiger partial charge < -0.3 is 19.0 Å². The molecule has 0 radical (unpaired) electrons. The summed E-state index contributed by atoms with van der Waals surface area (Å²) in [6.45, 7) is 4.51. The van der Waals surface area contributed by atoms with Crippen molar-refractivity contribution in [3.8, 4) is 5.75 Å². The third-order valence-electron chi connectivity index (χ3n) is 6.92. The van der Waals surface area contributed by atoms with Crippen LogP contribution in [0.5, 0.6) is 5.75 Å². The normalized spacial score (nSPS) is 11.0. The Morgan fingerprint density at radius 2 is 1.56 bits per heavy atom. The van der Waals surface area contributed by atoms with Gasteiger partial charge in [-0.3, -0.25) is 14.4 Å². The molecule has 0 N–H and O–H groups in total. The van der Waals surface area contributed by atoms with Gasteiger partial charge in [-0.05, 0) is 59.9 Å². The van der Waals surface area contributed by atoms with Gasteiger partial charge >= 0.3 is 0 Å². The van der Waals surface area contributed by atoms with Crippen molar-refractivity contribution < 1.29 is 23.1 Å². The van der Waals surface area contributed by atoms with Crippen molar-refractivity contribution in [2.75, 3.05) is 20.2 Å². The lowest BCUT2D eigenvalue weighted by atomic mass is 10.1. The van der Waals surface area contributed by atoms with Crippen LogP contribution in [0, 0.1) is 11.7 Å². The number of fused-ring (bicyclic) bond motifs is 1. The summed E-state index contributed by atoms with van der Waals surface area (Å²) in [5, 5.41) is 0.424. The van der Waals surface area contributed by atoms with Crippen molar-refractivity contribution in [3.63, 3.8) is 0 Å². The summed E-state index contributed by atoms with van der Waals surface area (Å²) in [6, 6.07) is 20.1. The van der Waals surface area contributed by atoms with Gasteiger partial charge in [-0.25, -0.2) is 4.39 Å². The van der Waals surface area contributed by atoms with E-state index in [9.17, 15) is 18.8 Å². The molecule has 0 aliphatic heterocycles. The Labute approximate surface area is 239 Å². The smallest absolute Gasteiger partial charge is 0.242 e. The number of amides is 2. The summed E-state index contributed by atoms with van der Waals surface area (Å²) in [6.07, 6.45) is 2.25. The Morgan fingerprint density at radius 1 is 0.878 bits per heavy atom. The number of carbonyl (C=O) groups excluding carboxylic acids is 2. The number of carbonyl (C=O) groups is 2. The van der Waals surface area contributed by atoms with Crippen molar-refractivity contribution in [2.45, 2.75) is 39.8 Å². The lowest BCUT2D eigenvalue weighted by Crippen LogP contribution is -2.44. The molecular formula is C33H35FN2O5. The number of para-hydroxylation sites is 1. The zero-order chi connectivity index (χ0) is 29.4. The molecule has 8 heteroatoms. The van der Waals surface area contributed by atoms with Crippen LogP contribution in [0.25, 0.3) is 11.0 Å². The number of ether oxygens (including phenoxy) is 1. The number of nitrogens with zero attached hydrogens (tertiary/aromatic N) is 2. The number of rotatable bonds is 12. The van der Waals surface area contributed by atoms with E-state index in [1.165, 1.54) is 23.3 Å². The van der Waals surface area contributed by atoms with Crippen molar-refractivity contribution in [3.05, 3.63) is 112 Å². The summed E-state index contributed by atoms with van der Waals surface area (Å²) in [5.41, 5.74) is 2.06. The van der Waals surface area contributed by atoms with E-state index in [1.807, 2.05) is 12.1 Å². The maximum Gasteiger partial charge on any atom is 0.242 e. The molecule has 0 bridgehead atoms. The van der Waals surface area contributed by atoms with Gasteiger partial charge in [-0.2, -0.15) is 0 Å². The Morgan fingerprint density at radius 3 is 2.24 bits per heavy atom. The van der Waals surface area contributed by atoms with Gasteiger partial charge in [0.1, 0.15) is 17.1 Å². The molecule has 1 aromatic heterocycles. The molecule has 2 amide bonds. The van der Waals surface area contributed by atoms with Gasteiger partial charge in [0.2, 0.25) is 11.8 Å². The molecule has 0 saturated carbocycles. The number of halogens is 1. The van der Waals surface area contributed by atoms with Crippen LogP contribution in [0.3, 0.4) is 0 Å². The third-order valence-corrected chi connectivity index (χ3v) is 6.92. The molecule has 0 unspecified atom stereocenters. The molecule has 0 saturated heterocycles. The van der Waals surface area contributed by atoms with Crippen LogP contribution in [0.1, 0.15) is 37.0 Å². The molecule has 0 atom stereocenters. The molecule has 4 aromatic rings. The number of hydrogen-bond donors (Lipinski definition) is 0. The van der Waals surface area contributed by atoms with Crippen LogP contribution in [0.15, 0.2) is 88.3 Å². The predicted octanol–water partition coefficient (Wildman–Crippen LogP) is 5.59. The minimum Gasteiger partial charge on any atom is -0.497 e. The first-order valence-electron chi connectivity index (χ1n) is 13.7. The molecule has 0 fully saturated rings. The van der Waals surface area contributed by atoms with Crippen molar-refractivity contribution >= 4 is 22.8 Å². The Bertz CT molecular complexity index is 1530. The van der Waals surface area contributed by atoms with Gasteiger partial charge in [-0.1, -0.05) is 50.2 Å². The largest absolute Gasteiger partial charge is 0.497 e. The monoisotopic (exact) mass is 558 g/mol. The summed E-state index contributed by atoms with van der Waals surface area (Å²) < 4.78 is 24.5. The zero-order valence-corrected chi connectivity index (χ0v) is 23.6. The molecule has 0 aliphatic carbocycles. The third kappa shape index (κ3) is 8.03. The highest BCUT2D eigenvalue weighted by atomic mass is 19.1. The number of hydrogen-bond acceptors (Lipinski definition) is 5. The van der Waals surface area contributed by atoms with E-state index >= 15 is 0 Å². The first-order valence-corrected chi connectivity index (χ1v) is 13.7. The maximum absolute atomic E-state index is 13.8. The SMILES string of the molecule is COc1ccc(CC(=O)N(CCC(C)C)CC(=O)N(Cc2ccc(F)cc2)Cc2coc3ccccc3c2=O)cc1. The van der Waals surface area contributed by atoms with Gasteiger partial charge in [0.25, 0.3) is 0 Å². The van der Waals surface area contributed by atoms with Crippen LogP contribution < -0.4 is 10.2 Å². The van der Waals surface area contributed by atoms with E-state index in [4.69, 9.17) is 9.15 Å². The maximum atomic E-state index is 13.8. The van der Waals surface area contributed by atoms with Crippen molar-refractivity contribution in [2.24, 2.45) is 5.92 Å². The standard InChI is InChI=1S/C33H35FN2O5/c1-23(2)16-17-35(31(37)18-24-10-14-28(40-3)15-11-24)21-32(38)36(19-25-8-12-27(34)13-9-25)20-26-22-41-30-7-5-4-6-29(30)33(26)39/h4-15,22-23H,16-21H2,1-3H3. The van der Waals surface area contributed by atoms with Crippen LogP contribution in [-0.4, -0.2) is 41.8 Å². The molecule has 41 heavy (non-hydrogen) atoms. The van der Waals surface area contributed by atoms with Crippen LogP contribution in [-0.2, 0) is 29.1 Å². The number of methoxy groups -OCH3 is 1. The fourth-order valence-corrected chi connectivity index (χ4v) is 4.47. The second-order valence-corrected chi connectivity index (χ2v) is 10.5. The van der Waals surface area contributed by atoms with E-state index in [-0.39, 0.29) is 49.1 Å². The summed E-state index contributed by atoms with van der Waals surface area (Å²) in [7, 11) is 1.58. The average Bonchev–Trinajstić information content (AvgIpc) is 2.97. The molecule has 0 spiro atoms. The number of benzene rings is 3. The predicted molar refractivity (Wildman–Crippen MR) is 156 cm³/mol. The molecule has 4 rings (SSSR count).